The van der Waals surface area contributed by atoms with Gasteiger partial charge in [0.1, 0.15) is 6.29 Å². The molecule has 0 aliphatic carbocycles. The van der Waals surface area contributed by atoms with Crippen LogP contribution in [0, 0.1) is 0 Å². The minimum Gasteiger partial charge on any atom is -0.393 e. The third-order valence-corrected chi connectivity index (χ3v) is 0.840. The average molecular weight is 102 g/mol. The molecular formula is C5H10O2. The summed E-state index contributed by atoms with van der Waals surface area (Å²) in [5.41, 5.74) is 0. The van der Waals surface area contributed by atoms with E-state index in [9.17, 15) is 4.79 Å². The van der Waals surface area contributed by atoms with Crippen molar-refractivity contribution in [2.75, 3.05) is 0 Å². The minimum atomic E-state index is -0.419. The maximum atomic E-state index is 9.61. The Hall–Kier alpha value is -0.370. The van der Waals surface area contributed by atoms with E-state index in [0.717, 1.165) is 6.29 Å². The number of hydrogen-bond donors (Lipinski definition) is 1. The van der Waals surface area contributed by atoms with E-state index in [4.69, 9.17) is 5.11 Å². The van der Waals surface area contributed by atoms with Crippen LogP contribution in [0.1, 0.15) is 19.8 Å². The molecule has 1 N–H and O–H groups in total. The molecule has 0 aromatic heterocycles. The Bertz CT molecular complexity index is 52.0. The number of aldehydes is 1. The lowest BCUT2D eigenvalue weighted by molar-refractivity contribution is -0.109. The van der Waals surface area contributed by atoms with Gasteiger partial charge in [-0.25, -0.2) is 0 Å². The molecule has 2 heteroatoms. The number of carbonyl (C=O) groups excluding carboxylic acids is 1. The first-order valence-electron chi connectivity index (χ1n) is 2.43. The third-order valence-electron chi connectivity index (χ3n) is 0.840. The number of hydrogen-bond acceptors (Lipinski definition) is 2. The van der Waals surface area contributed by atoms with E-state index in [1.807, 2.05) is 6.92 Å². The monoisotopic (exact) mass is 102 g/mol. The van der Waals surface area contributed by atoms with Crippen LogP contribution >= 0.6 is 0 Å². The minimum absolute atomic E-state index is 0.274. The van der Waals surface area contributed by atoms with Crippen molar-refractivity contribution in [2.45, 2.75) is 25.9 Å². The zero-order valence-electron chi connectivity index (χ0n) is 4.42. The van der Waals surface area contributed by atoms with Gasteiger partial charge >= 0.3 is 0 Å². The first kappa shape index (κ1) is 6.63. The molecular weight excluding hydrogens is 92.1 g/mol. The Morgan fingerprint density at radius 2 is 2.43 bits per heavy atom. The predicted octanol–water partition coefficient (Wildman–Crippen LogP) is 0.346. The van der Waals surface area contributed by atoms with Gasteiger partial charge in [-0.3, -0.25) is 0 Å². The molecule has 0 amide bonds. The molecule has 0 radical (unpaired) electrons. The Labute approximate surface area is 43.2 Å². The highest BCUT2D eigenvalue weighted by molar-refractivity contribution is 5.49. The van der Waals surface area contributed by atoms with Gasteiger partial charge in [0.05, 0.1) is 6.10 Å². The summed E-state index contributed by atoms with van der Waals surface area (Å²) in [6.07, 6.45) is 1.25. The second-order valence-electron chi connectivity index (χ2n) is 1.46. The second-order valence-corrected chi connectivity index (χ2v) is 1.46. The molecule has 0 rings (SSSR count). The average Bonchev–Trinajstić information content (AvgIpc) is 1.68. The van der Waals surface area contributed by atoms with E-state index < -0.39 is 6.10 Å². The van der Waals surface area contributed by atoms with Gasteiger partial charge in [0.15, 0.2) is 0 Å². The Balaban J connectivity index is 2.98. The molecule has 0 heterocycles. The molecule has 2 nitrogen and oxygen atoms in total. The molecule has 0 aliphatic heterocycles. The summed E-state index contributed by atoms with van der Waals surface area (Å²) in [6.45, 7) is 1.84. The molecule has 0 fully saturated rings. The zero-order chi connectivity index (χ0) is 5.70. The van der Waals surface area contributed by atoms with Gasteiger partial charge in [0.2, 0.25) is 0 Å². The van der Waals surface area contributed by atoms with Crippen LogP contribution in [0.5, 0.6) is 0 Å². The molecule has 7 heavy (non-hydrogen) atoms. The van der Waals surface area contributed by atoms with Crippen molar-refractivity contribution in [1.29, 1.82) is 0 Å². The fourth-order valence-electron chi connectivity index (χ4n) is 0.278. The Morgan fingerprint density at radius 3 is 2.57 bits per heavy atom. The first-order chi connectivity index (χ1) is 3.31. The molecule has 42 valence electrons. The lowest BCUT2D eigenvalue weighted by Crippen LogP contribution is -2.03. The highest BCUT2D eigenvalue weighted by Gasteiger charge is 1.95. The summed E-state index contributed by atoms with van der Waals surface area (Å²) in [5.74, 6) is 0. The van der Waals surface area contributed by atoms with Gasteiger partial charge in [-0.2, -0.15) is 0 Å². The van der Waals surface area contributed by atoms with E-state index in [-0.39, 0.29) is 6.42 Å². The van der Waals surface area contributed by atoms with E-state index in [0.29, 0.717) is 6.42 Å². The van der Waals surface area contributed by atoms with Crippen LogP contribution in [0.2, 0.25) is 0 Å². The number of carbonyl (C=O) groups is 1. The molecule has 0 unspecified atom stereocenters. The highest BCUT2D eigenvalue weighted by atomic mass is 16.3. The van der Waals surface area contributed by atoms with Crippen LogP contribution in [0.15, 0.2) is 0 Å². The van der Waals surface area contributed by atoms with Gasteiger partial charge < -0.3 is 9.90 Å². The summed E-state index contributed by atoms with van der Waals surface area (Å²) in [4.78, 5) is 9.61. The van der Waals surface area contributed by atoms with E-state index in [1.54, 1.807) is 0 Å². The molecule has 0 aliphatic rings. The van der Waals surface area contributed by atoms with Crippen LogP contribution in [-0.2, 0) is 4.79 Å². The van der Waals surface area contributed by atoms with Gasteiger partial charge in [0, 0.05) is 6.42 Å². The number of rotatable bonds is 3. The molecule has 0 aromatic carbocycles. The maximum absolute atomic E-state index is 9.61. The third kappa shape index (κ3) is 3.46. The first-order valence-corrected chi connectivity index (χ1v) is 2.43. The largest absolute Gasteiger partial charge is 0.393 e. The van der Waals surface area contributed by atoms with Crippen LogP contribution < -0.4 is 0 Å². The highest BCUT2D eigenvalue weighted by Crippen LogP contribution is 1.90. The van der Waals surface area contributed by atoms with Crippen molar-refractivity contribution in [3.63, 3.8) is 0 Å². The summed E-state index contributed by atoms with van der Waals surface area (Å²) in [5, 5.41) is 8.63. The SMILES string of the molecule is CC[C@@H](O)CC=O. The zero-order valence-corrected chi connectivity index (χ0v) is 4.42. The number of aliphatic hydroxyl groups is 1. The quantitative estimate of drug-likeness (QED) is 0.522. The summed E-state index contributed by atoms with van der Waals surface area (Å²) in [6, 6.07) is 0. The van der Waals surface area contributed by atoms with Crippen LogP contribution in [0.4, 0.5) is 0 Å². The van der Waals surface area contributed by atoms with Crippen molar-refractivity contribution in [1.82, 2.24) is 0 Å². The molecule has 0 bridgehead atoms. The van der Waals surface area contributed by atoms with Crippen LogP contribution in [0.3, 0.4) is 0 Å². The van der Waals surface area contributed by atoms with Gasteiger partial charge in [-0.05, 0) is 6.42 Å². The topological polar surface area (TPSA) is 37.3 Å². The summed E-state index contributed by atoms with van der Waals surface area (Å²) < 4.78 is 0. The smallest absolute Gasteiger partial charge is 0.122 e. The molecule has 0 saturated carbocycles. The van der Waals surface area contributed by atoms with Crippen molar-refractivity contribution in [3.05, 3.63) is 0 Å². The van der Waals surface area contributed by atoms with Gasteiger partial charge in [-0.15, -0.1) is 0 Å². The fraction of sp³-hybridized carbons (Fsp3) is 0.800. The normalized spacial score (nSPS) is 13.4. The Kier molecular flexibility index (Phi) is 3.61. The number of aliphatic hydroxyl groups excluding tert-OH is 1. The van der Waals surface area contributed by atoms with Crippen molar-refractivity contribution in [3.8, 4) is 0 Å². The maximum Gasteiger partial charge on any atom is 0.122 e. The standard InChI is InChI=1S/C5H10O2/c1-2-5(7)3-4-6/h4-5,7H,2-3H2,1H3/t5-/m1/s1. The molecule has 0 aromatic rings. The lowest BCUT2D eigenvalue weighted by atomic mass is 10.2. The second kappa shape index (κ2) is 3.81. The molecule has 0 spiro atoms. The van der Waals surface area contributed by atoms with Crippen LogP contribution in [0.25, 0.3) is 0 Å². The van der Waals surface area contributed by atoms with Gasteiger partial charge in [0.25, 0.3) is 0 Å². The van der Waals surface area contributed by atoms with Crippen molar-refractivity contribution < 1.29 is 9.90 Å². The van der Waals surface area contributed by atoms with Crippen molar-refractivity contribution >= 4 is 6.29 Å². The van der Waals surface area contributed by atoms with E-state index in [2.05, 4.69) is 0 Å². The lowest BCUT2D eigenvalue weighted by Gasteiger charge is -1.97. The Morgan fingerprint density at radius 1 is 1.86 bits per heavy atom. The van der Waals surface area contributed by atoms with Crippen LogP contribution in [-0.4, -0.2) is 17.5 Å². The fourth-order valence-corrected chi connectivity index (χ4v) is 0.278. The van der Waals surface area contributed by atoms with E-state index >= 15 is 0 Å². The van der Waals surface area contributed by atoms with E-state index in [1.165, 1.54) is 0 Å². The predicted molar refractivity (Wildman–Crippen MR) is 27.0 cm³/mol. The van der Waals surface area contributed by atoms with Crippen molar-refractivity contribution in [2.24, 2.45) is 0 Å². The van der Waals surface area contributed by atoms with Gasteiger partial charge in [-0.1, -0.05) is 6.92 Å². The summed E-state index contributed by atoms with van der Waals surface area (Å²) >= 11 is 0. The molecule has 1 atom stereocenters. The summed E-state index contributed by atoms with van der Waals surface area (Å²) in [7, 11) is 0. The molecule has 0 saturated heterocycles.